The van der Waals surface area contributed by atoms with Gasteiger partial charge in [-0.3, -0.25) is 4.90 Å². The van der Waals surface area contributed by atoms with E-state index in [1.54, 1.807) is 0 Å². The Morgan fingerprint density at radius 1 is 1.14 bits per heavy atom. The predicted octanol–water partition coefficient (Wildman–Crippen LogP) is 3.34. The molecule has 5 heteroatoms. The minimum atomic E-state index is 0.410. The van der Waals surface area contributed by atoms with Crippen LogP contribution in [-0.2, 0) is 6.54 Å². The number of aromatic nitrogens is 2. The smallest absolute Gasteiger partial charge is 0.225 e. The quantitative estimate of drug-likeness (QED) is 0.840. The fraction of sp³-hybridized carbons (Fsp3) is 0.412. The largest absolute Gasteiger partial charge is 0.337 e. The summed E-state index contributed by atoms with van der Waals surface area (Å²) in [6.45, 7) is 6.43. The molecule has 0 radical (unpaired) electrons. The molecule has 1 aromatic carbocycles. The minimum Gasteiger partial charge on any atom is -0.337 e. The standard InChI is InChI=1S/C17H21BrN4/c1-14-12-21(13-15-6-3-2-4-7-15)8-5-9-22(14)17-19-10-16(18)11-20-17/h2-4,6-7,10-11,14H,5,8-9,12-13H2,1H3. The molecule has 2 aromatic rings. The van der Waals surface area contributed by atoms with Crippen molar-refractivity contribution in [3.8, 4) is 0 Å². The second-order valence-corrected chi connectivity index (χ2v) is 6.73. The third kappa shape index (κ3) is 3.84. The van der Waals surface area contributed by atoms with E-state index in [9.17, 15) is 0 Å². The summed E-state index contributed by atoms with van der Waals surface area (Å²) < 4.78 is 0.921. The molecule has 1 unspecified atom stereocenters. The van der Waals surface area contributed by atoms with Crippen molar-refractivity contribution in [2.45, 2.75) is 25.9 Å². The van der Waals surface area contributed by atoms with Gasteiger partial charge in [-0.25, -0.2) is 9.97 Å². The van der Waals surface area contributed by atoms with Gasteiger partial charge in [-0.15, -0.1) is 0 Å². The van der Waals surface area contributed by atoms with Gasteiger partial charge in [0, 0.05) is 44.6 Å². The molecule has 0 saturated carbocycles. The lowest BCUT2D eigenvalue weighted by molar-refractivity contribution is 0.268. The lowest BCUT2D eigenvalue weighted by atomic mass is 10.2. The average Bonchev–Trinajstić information content (AvgIpc) is 2.71. The van der Waals surface area contributed by atoms with Gasteiger partial charge in [0.25, 0.3) is 0 Å². The third-order valence-corrected chi connectivity index (χ3v) is 4.45. The molecule has 0 bridgehead atoms. The van der Waals surface area contributed by atoms with Crippen molar-refractivity contribution in [1.29, 1.82) is 0 Å². The highest BCUT2D eigenvalue weighted by Crippen LogP contribution is 2.18. The van der Waals surface area contributed by atoms with Crippen LogP contribution in [0.4, 0.5) is 5.95 Å². The van der Waals surface area contributed by atoms with Crippen LogP contribution >= 0.6 is 15.9 Å². The van der Waals surface area contributed by atoms with Crippen LogP contribution in [0.5, 0.6) is 0 Å². The summed E-state index contributed by atoms with van der Waals surface area (Å²) in [5.41, 5.74) is 1.38. The van der Waals surface area contributed by atoms with E-state index in [0.29, 0.717) is 6.04 Å². The fourth-order valence-electron chi connectivity index (χ4n) is 2.98. The van der Waals surface area contributed by atoms with Crippen molar-refractivity contribution in [3.05, 3.63) is 52.8 Å². The number of anilines is 1. The Balaban J connectivity index is 1.67. The average molecular weight is 361 g/mol. The highest BCUT2D eigenvalue weighted by molar-refractivity contribution is 9.10. The SMILES string of the molecule is CC1CN(Cc2ccccc2)CCCN1c1ncc(Br)cn1. The Bertz CT molecular complexity index is 587. The molecule has 1 aliphatic rings. The second kappa shape index (κ2) is 7.20. The first kappa shape index (κ1) is 15.4. The van der Waals surface area contributed by atoms with Gasteiger partial charge in [0.05, 0.1) is 4.47 Å². The number of rotatable bonds is 3. The Hall–Kier alpha value is -1.46. The van der Waals surface area contributed by atoms with Gasteiger partial charge >= 0.3 is 0 Å². The van der Waals surface area contributed by atoms with Gasteiger partial charge < -0.3 is 4.90 Å². The molecule has 1 aromatic heterocycles. The summed E-state index contributed by atoms with van der Waals surface area (Å²) in [6.07, 6.45) is 4.78. The molecular weight excluding hydrogens is 340 g/mol. The Kier molecular flexibility index (Phi) is 5.05. The zero-order valence-corrected chi connectivity index (χ0v) is 14.4. The van der Waals surface area contributed by atoms with Crippen LogP contribution in [0.25, 0.3) is 0 Å². The predicted molar refractivity (Wildman–Crippen MR) is 92.9 cm³/mol. The van der Waals surface area contributed by atoms with E-state index < -0.39 is 0 Å². The summed E-state index contributed by atoms with van der Waals surface area (Å²) in [6, 6.07) is 11.1. The maximum atomic E-state index is 4.45. The molecular formula is C17H21BrN4. The topological polar surface area (TPSA) is 32.3 Å². The summed E-state index contributed by atoms with van der Waals surface area (Å²) in [7, 11) is 0. The molecule has 0 spiro atoms. The van der Waals surface area contributed by atoms with Crippen molar-refractivity contribution in [2.75, 3.05) is 24.5 Å². The fourth-order valence-corrected chi connectivity index (χ4v) is 3.19. The molecule has 0 amide bonds. The first-order chi connectivity index (χ1) is 10.7. The van der Waals surface area contributed by atoms with Gasteiger partial charge in [-0.05, 0) is 34.8 Å². The van der Waals surface area contributed by atoms with Crippen LogP contribution in [-0.4, -0.2) is 40.5 Å². The Morgan fingerprint density at radius 3 is 2.59 bits per heavy atom. The van der Waals surface area contributed by atoms with Crippen LogP contribution in [0, 0.1) is 0 Å². The zero-order chi connectivity index (χ0) is 15.4. The molecule has 1 atom stereocenters. The van der Waals surface area contributed by atoms with Crippen molar-refractivity contribution >= 4 is 21.9 Å². The van der Waals surface area contributed by atoms with E-state index in [1.807, 2.05) is 12.4 Å². The van der Waals surface area contributed by atoms with Gasteiger partial charge in [-0.2, -0.15) is 0 Å². The van der Waals surface area contributed by atoms with Gasteiger partial charge in [-0.1, -0.05) is 30.3 Å². The summed E-state index contributed by atoms with van der Waals surface area (Å²) in [4.78, 5) is 13.7. The number of hydrogen-bond donors (Lipinski definition) is 0. The number of halogens is 1. The summed E-state index contributed by atoms with van der Waals surface area (Å²) >= 11 is 3.39. The molecule has 2 heterocycles. The molecule has 22 heavy (non-hydrogen) atoms. The molecule has 0 aliphatic carbocycles. The first-order valence-electron chi connectivity index (χ1n) is 7.73. The first-order valence-corrected chi connectivity index (χ1v) is 8.52. The highest BCUT2D eigenvalue weighted by atomic mass is 79.9. The normalized spacial score (nSPS) is 19.9. The number of hydrogen-bond acceptors (Lipinski definition) is 4. The molecule has 3 rings (SSSR count). The van der Waals surface area contributed by atoms with Gasteiger partial charge in [0.15, 0.2) is 0 Å². The summed E-state index contributed by atoms with van der Waals surface area (Å²) in [5.74, 6) is 0.831. The van der Waals surface area contributed by atoms with Crippen LogP contribution in [0.15, 0.2) is 47.2 Å². The highest BCUT2D eigenvalue weighted by Gasteiger charge is 2.23. The van der Waals surface area contributed by atoms with E-state index >= 15 is 0 Å². The molecule has 1 aliphatic heterocycles. The molecule has 1 fully saturated rings. The van der Waals surface area contributed by atoms with E-state index in [-0.39, 0.29) is 0 Å². The van der Waals surface area contributed by atoms with Crippen molar-refractivity contribution in [2.24, 2.45) is 0 Å². The van der Waals surface area contributed by atoms with Crippen molar-refractivity contribution in [1.82, 2.24) is 14.9 Å². The molecule has 1 saturated heterocycles. The lowest BCUT2D eigenvalue weighted by Gasteiger charge is -2.29. The van der Waals surface area contributed by atoms with E-state index in [2.05, 4.69) is 73.0 Å². The third-order valence-electron chi connectivity index (χ3n) is 4.04. The van der Waals surface area contributed by atoms with E-state index in [0.717, 1.165) is 43.0 Å². The van der Waals surface area contributed by atoms with Crippen LogP contribution in [0.1, 0.15) is 18.9 Å². The van der Waals surface area contributed by atoms with Crippen molar-refractivity contribution in [3.63, 3.8) is 0 Å². The zero-order valence-electron chi connectivity index (χ0n) is 12.8. The second-order valence-electron chi connectivity index (χ2n) is 5.82. The number of nitrogens with zero attached hydrogens (tertiary/aromatic N) is 4. The van der Waals surface area contributed by atoms with Crippen LogP contribution < -0.4 is 4.90 Å². The number of benzene rings is 1. The lowest BCUT2D eigenvalue weighted by Crippen LogP contribution is -2.39. The molecule has 116 valence electrons. The van der Waals surface area contributed by atoms with Gasteiger partial charge in [0.1, 0.15) is 0 Å². The van der Waals surface area contributed by atoms with E-state index in [1.165, 1.54) is 5.56 Å². The molecule has 4 nitrogen and oxygen atoms in total. The maximum Gasteiger partial charge on any atom is 0.225 e. The van der Waals surface area contributed by atoms with Gasteiger partial charge in [0.2, 0.25) is 5.95 Å². The minimum absolute atomic E-state index is 0.410. The monoisotopic (exact) mass is 360 g/mol. The molecule has 0 N–H and O–H groups in total. The maximum absolute atomic E-state index is 4.45. The summed E-state index contributed by atoms with van der Waals surface area (Å²) in [5, 5.41) is 0. The van der Waals surface area contributed by atoms with Crippen molar-refractivity contribution < 1.29 is 0 Å². The Labute approximate surface area is 140 Å². The van der Waals surface area contributed by atoms with E-state index in [4.69, 9.17) is 0 Å². The van der Waals surface area contributed by atoms with Crippen LogP contribution in [0.2, 0.25) is 0 Å². The Morgan fingerprint density at radius 2 is 1.86 bits per heavy atom. The van der Waals surface area contributed by atoms with Crippen LogP contribution in [0.3, 0.4) is 0 Å².